The Kier molecular flexibility index (Phi) is 11.9. The number of benzene rings is 5. The molecule has 1 saturated heterocycles. The molecule has 1 heterocycles. The van der Waals surface area contributed by atoms with E-state index in [2.05, 4.69) is 45.0 Å². The lowest BCUT2D eigenvalue weighted by atomic mass is 9.98. The Balaban J connectivity index is 1.38. The highest BCUT2D eigenvalue weighted by Gasteiger charge is 2.53. The van der Waals surface area contributed by atoms with E-state index in [1.807, 2.05) is 103 Å². The van der Waals surface area contributed by atoms with Crippen LogP contribution in [0.5, 0.6) is 0 Å². The predicted octanol–water partition coefficient (Wildman–Crippen LogP) is 6.68. The molecule has 1 aliphatic rings. The molecule has 264 valence electrons. The van der Waals surface area contributed by atoms with Gasteiger partial charge in [0.1, 0.15) is 18.3 Å². The third-order valence-electron chi connectivity index (χ3n) is 9.31. The quantitative estimate of drug-likeness (QED) is 0.108. The maximum Gasteiger partial charge on any atom is 0.338 e. The topological polar surface area (TPSA) is 83.5 Å². The molecule has 8 heteroatoms. The van der Waals surface area contributed by atoms with Gasteiger partial charge in [0.15, 0.2) is 12.4 Å². The van der Waals surface area contributed by atoms with Gasteiger partial charge in [0.25, 0.3) is 8.32 Å². The summed E-state index contributed by atoms with van der Waals surface area (Å²) in [6.45, 7) is 7.17. The number of hydrogen-bond donors (Lipinski definition) is 1. The van der Waals surface area contributed by atoms with E-state index in [4.69, 9.17) is 23.4 Å². The normalized spacial score (nSPS) is 20.8. The zero-order valence-electron chi connectivity index (χ0n) is 29.3. The second-order valence-electron chi connectivity index (χ2n) is 13.8. The lowest BCUT2D eigenvalue weighted by Crippen LogP contribution is -2.68. The molecule has 6 rings (SSSR count). The first kappa shape index (κ1) is 36.4. The van der Waals surface area contributed by atoms with Gasteiger partial charge in [-0.2, -0.15) is 0 Å². The van der Waals surface area contributed by atoms with Crippen LogP contribution in [0.1, 0.15) is 42.3 Å². The number of carbonyl (C=O) groups excluding carboxylic acids is 1. The largest absolute Gasteiger partial charge is 0.450 e. The van der Waals surface area contributed by atoms with E-state index < -0.39 is 45.0 Å². The van der Waals surface area contributed by atoms with Crippen LogP contribution in [0, 0.1) is 0 Å². The van der Waals surface area contributed by atoms with Crippen molar-refractivity contribution in [3.8, 4) is 0 Å². The average Bonchev–Trinajstić information content (AvgIpc) is 3.16. The number of carbonyl (C=O) groups is 1. The first-order valence-electron chi connectivity index (χ1n) is 17.4. The van der Waals surface area contributed by atoms with Gasteiger partial charge in [0, 0.05) is 0 Å². The van der Waals surface area contributed by atoms with Gasteiger partial charge in [-0.05, 0) is 38.7 Å². The fourth-order valence-corrected chi connectivity index (χ4v) is 11.4. The van der Waals surface area contributed by atoms with Crippen molar-refractivity contribution in [2.45, 2.75) is 69.7 Å². The highest BCUT2D eigenvalue weighted by Crippen LogP contribution is 2.38. The van der Waals surface area contributed by atoms with Crippen LogP contribution in [0.25, 0.3) is 0 Å². The summed E-state index contributed by atoms with van der Waals surface area (Å²) < 4.78 is 33.0. The molecule has 0 spiro atoms. The molecule has 1 aliphatic heterocycles. The van der Waals surface area contributed by atoms with Crippen molar-refractivity contribution in [1.82, 2.24) is 0 Å². The molecule has 7 nitrogen and oxygen atoms in total. The fraction of sp³-hybridized carbons (Fsp3) is 0.279. The predicted molar refractivity (Wildman–Crippen MR) is 200 cm³/mol. The van der Waals surface area contributed by atoms with Crippen LogP contribution in [0.4, 0.5) is 0 Å². The van der Waals surface area contributed by atoms with Gasteiger partial charge >= 0.3 is 5.97 Å². The summed E-state index contributed by atoms with van der Waals surface area (Å²) in [7, 11) is -3.00. The summed E-state index contributed by atoms with van der Waals surface area (Å²) in [5.74, 6) is -0.597. The Morgan fingerprint density at radius 2 is 1.06 bits per heavy atom. The van der Waals surface area contributed by atoms with Gasteiger partial charge in [-0.15, -0.1) is 0 Å². The molecule has 0 amide bonds. The van der Waals surface area contributed by atoms with E-state index in [1.54, 1.807) is 24.3 Å². The van der Waals surface area contributed by atoms with Crippen molar-refractivity contribution in [2.75, 3.05) is 6.61 Å². The minimum atomic E-state index is -3.00. The molecule has 5 aromatic carbocycles. The number of esters is 1. The average molecular weight is 703 g/mol. The summed E-state index contributed by atoms with van der Waals surface area (Å²) in [4.78, 5) is 13.4. The third-order valence-corrected chi connectivity index (χ3v) is 14.3. The number of aliphatic hydroxyl groups excluding tert-OH is 1. The van der Waals surface area contributed by atoms with Gasteiger partial charge in [-0.25, -0.2) is 4.79 Å². The summed E-state index contributed by atoms with van der Waals surface area (Å²) >= 11 is 0. The smallest absolute Gasteiger partial charge is 0.338 e. The van der Waals surface area contributed by atoms with Crippen molar-refractivity contribution >= 4 is 24.7 Å². The lowest BCUT2D eigenvalue weighted by molar-refractivity contribution is -0.303. The molecule has 0 aromatic heterocycles. The van der Waals surface area contributed by atoms with Crippen LogP contribution in [0.3, 0.4) is 0 Å². The second kappa shape index (κ2) is 16.7. The van der Waals surface area contributed by atoms with Gasteiger partial charge < -0.3 is 28.5 Å². The van der Waals surface area contributed by atoms with Gasteiger partial charge in [-0.1, -0.05) is 160 Å². The van der Waals surface area contributed by atoms with E-state index in [9.17, 15) is 9.90 Å². The van der Waals surface area contributed by atoms with Crippen LogP contribution in [-0.4, -0.2) is 56.7 Å². The van der Waals surface area contributed by atoms with Gasteiger partial charge in [0.05, 0.1) is 25.4 Å². The minimum absolute atomic E-state index is 0.0916. The molecule has 51 heavy (non-hydrogen) atoms. The van der Waals surface area contributed by atoms with Crippen molar-refractivity contribution in [1.29, 1.82) is 0 Å². The fourth-order valence-electron chi connectivity index (χ4n) is 6.81. The van der Waals surface area contributed by atoms with Crippen LogP contribution in [0.2, 0.25) is 5.04 Å². The minimum Gasteiger partial charge on any atom is -0.450 e. The van der Waals surface area contributed by atoms with E-state index in [1.165, 1.54) is 0 Å². The Bertz CT molecular complexity index is 1740. The summed E-state index contributed by atoms with van der Waals surface area (Å²) in [6, 6.07) is 49.0. The molecule has 1 N–H and O–H groups in total. The number of aliphatic hydroxyl groups is 1. The summed E-state index contributed by atoms with van der Waals surface area (Å²) in [5.41, 5.74) is 2.23. The van der Waals surface area contributed by atoms with E-state index in [0.29, 0.717) is 5.56 Å². The maximum atomic E-state index is 13.4. The monoisotopic (exact) mass is 702 g/mol. The third kappa shape index (κ3) is 8.56. The molecule has 0 radical (unpaired) electrons. The molecule has 5 unspecified atom stereocenters. The first-order chi connectivity index (χ1) is 24.8. The summed E-state index contributed by atoms with van der Waals surface area (Å²) in [6.07, 6.45) is -5.17. The van der Waals surface area contributed by atoms with E-state index >= 15 is 0 Å². The molecular formula is C43H46O7Si. The van der Waals surface area contributed by atoms with Gasteiger partial charge in [0.2, 0.25) is 0 Å². The Hall–Kier alpha value is -4.41. The standard InChI is InChI=1S/C43H46O7Si/c1-43(2,3)51(35-25-15-7-16-26-35,36-27-17-8-18-28-36)48-31-37-38(46-29-32-19-9-4-10-20-32)39(47-30-33-21-11-5-12-22-33)40(42(45)49-37)50-41(44)34-23-13-6-14-24-34/h4-28,37-40,42,45H,29-31H2,1-3H3. The van der Waals surface area contributed by atoms with Crippen molar-refractivity contribution in [3.05, 3.63) is 168 Å². The van der Waals surface area contributed by atoms with Crippen LogP contribution in [0.15, 0.2) is 152 Å². The number of ether oxygens (including phenoxy) is 4. The molecule has 0 aliphatic carbocycles. The van der Waals surface area contributed by atoms with Crippen LogP contribution in [-0.2, 0) is 36.6 Å². The Labute approximate surface area is 301 Å². The number of hydrogen-bond acceptors (Lipinski definition) is 7. The molecule has 0 bridgehead atoms. The van der Waals surface area contributed by atoms with Crippen LogP contribution < -0.4 is 10.4 Å². The first-order valence-corrected chi connectivity index (χ1v) is 19.3. The van der Waals surface area contributed by atoms with Gasteiger partial charge in [-0.3, -0.25) is 0 Å². The van der Waals surface area contributed by atoms with Crippen molar-refractivity contribution in [2.24, 2.45) is 0 Å². The van der Waals surface area contributed by atoms with Crippen molar-refractivity contribution in [3.63, 3.8) is 0 Å². The Morgan fingerprint density at radius 1 is 0.627 bits per heavy atom. The molecule has 0 saturated carbocycles. The molecule has 5 aromatic rings. The zero-order valence-corrected chi connectivity index (χ0v) is 30.3. The summed E-state index contributed by atoms with van der Waals surface area (Å²) in [5, 5.41) is 13.6. The highest BCUT2D eigenvalue weighted by molar-refractivity contribution is 6.99. The van der Waals surface area contributed by atoms with E-state index in [0.717, 1.165) is 21.5 Å². The Morgan fingerprint density at radius 3 is 1.53 bits per heavy atom. The highest BCUT2D eigenvalue weighted by atomic mass is 28.4. The van der Waals surface area contributed by atoms with Crippen LogP contribution >= 0.6 is 0 Å². The molecule has 5 atom stereocenters. The second-order valence-corrected chi connectivity index (χ2v) is 18.1. The van der Waals surface area contributed by atoms with Crippen molar-refractivity contribution < 1.29 is 33.3 Å². The maximum absolute atomic E-state index is 13.4. The zero-order chi connectivity index (χ0) is 35.7. The van der Waals surface area contributed by atoms with E-state index in [-0.39, 0.29) is 24.9 Å². The number of rotatable bonds is 13. The molecular weight excluding hydrogens is 657 g/mol. The molecule has 1 fully saturated rings. The lowest BCUT2D eigenvalue weighted by Gasteiger charge is -2.47. The SMILES string of the molecule is CC(C)(C)[Si](OCC1OC(O)C(OC(=O)c2ccccc2)C(OCc2ccccc2)C1OCc1ccccc1)(c1ccccc1)c1ccccc1.